The van der Waals surface area contributed by atoms with Crippen molar-refractivity contribution >= 4 is 17.9 Å². The van der Waals surface area contributed by atoms with Gasteiger partial charge in [0.05, 0.1) is 13.7 Å². The summed E-state index contributed by atoms with van der Waals surface area (Å²) in [7, 11) is 1.20. The monoisotopic (exact) mass is 327 g/mol. The maximum Gasteiger partial charge on any atom is 0.351 e. The summed E-state index contributed by atoms with van der Waals surface area (Å²) in [6, 6.07) is 0. The number of ether oxygens (including phenoxy) is 2. The Morgan fingerprint density at radius 2 is 2.22 bits per heavy atom. The number of aliphatic hydroxyl groups excluding tert-OH is 3. The number of rotatable bonds is 4. The average Bonchev–Trinajstić information content (AvgIpc) is 2.81. The molecule has 1 aromatic heterocycles. The van der Waals surface area contributed by atoms with E-state index >= 15 is 0 Å². The number of aromatic nitrogens is 2. The fourth-order valence-electron chi connectivity index (χ4n) is 2.14. The van der Waals surface area contributed by atoms with E-state index < -0.39 is 42.8 Å². The molecule has 10 heteroatoms. The van der Waals surface area contributed by atoms with Gasteiger partial charge in [0.25, 0.3) is 0 Å². The van der Waals surface area contributed by atoms with Crippen LogP contribution in [0.1, 0.15) is 11.8 Å². The standard InChI is InChI=1S/C13H17N3O7/c1-22-8(18)3-2-6-4-16(13(21)15-11(6)14)12-10(20)9(19)7(5-17)23-12/h2-4,7,9-10,12,17,19-20H,5H2,1H3,(H2,14,15,21)/b3-2+/t7-,9-,10-,12-/m1/s1. The molecule has 1 saturated heterocycles. The number of hydrogen-bond acceptors (Lipinski definition) is 9. The van der Waals surface area contributed by atoms with E-state index in [1.807, 2.05) is 0 Å². The lowest BCUT2D eigenvalue weighted by molar-refractivity contribution is -0.134. The van der Waals surface area contributed by atoms with E-state index in [1.54, 1.807) is 0 Å². The van der Waals surface area contributed by atoms with Gasteiger partial charge < -0.3 is 30.5 Å². The molecule has 1 aromatic rings. The molecule has 0 spiro atoms. The second-order valence-corrected chi connectivity index (χ2v) is 4.86. The van der Waals surface area contributed by atoms with Gasteiger partial charge in [-0.05, 0) is 6.08 Å². The van der Waals surface area contributed by atoms with E-state index in [1.165, 1.54) is 19.4 Å². The summed E-state index contributed by atoms with van der Waals surface area (Å²) in [5.41, 5.74) is 5.01. The highest BCUT2D eigenvalue weighted by molar-refractivity contribution is 5.87. The van der Waals surface area contributed by atoms with Crippen LogP contribution in [0.2, 0.25) is 0 Å². The molecule has 0 unspecified atom stereocenters. The molecule has 0 bridgehead atoms. The fraction of sp³-hybridized carbons (Fsp3) is 0.462. The third-order valence-corrected chi connectivity index (χ3v) is 3.40. The summed E-state index contributed by atoms with van der Waals surface area (Å²) in [4.78, 5) is 26.6. The number of methoxy groups -OCH3 is 1. The highest BCUT2D eigenvalue weighted by Gasteiger charge is 2.43. The number of anilines is 1. The number of carbonyl (C=O) groups is 1. The Morgan fingerprint density at radius 1 is 1.52 bits per heavy atom. The Hall–Kier alpha value is -2.27. The van der Waals surface area contributed by atoms with Crippen molar-refractivity contribution in [1.82, 2.24) is 9.55 Å². The predicted octanol–water partition coefficient (Wildman–Crippen LogP) is -2.38. The SMILES string of the molecule is COC(=O)/C=C/c1cn([C@@H]2O[C@H](CO)[C@@H](O)[C@H]2O)c(=O)nc1N. The third kappa shape index (κ3) is 3.40. The van der Waals surface area contributed by atoms with Gasteiger partial charge in [0.15, 0.2) is 6.23 Å². The van der Waals surface area contributed by atoms with Crippen LogP contribution in [0.5, 0.6) is 0 Å². The average molecular weight is 327 g/mol. The normalized spacial score (nSPS) is 27.5. The summed E-state index contributed by atoms with van der Waals surface area (Å²) in [6.45, 7) is -0.527. The van der Waals surface area contributed by atoms with Gasteiger partial charge in [-0.25, -0.2) is 9.59 Å². The van der Waals surface area contributed by atoms with E-state index in [9.17, 15) is 19.8 Å². The summed E-state index contributed by atoms with van der Waals surface area (Å²) in [5, 5.41) is 28.8. The summed E-state index contributed by atoms with van der Waals surface area (Å²) < 4.78 is 10.6. The molecule has 10 nitrogen and oxygen atoms in total. The molecule has 23 heavy (non-hydrogen) atoms. The predicted molar refractivity (Wildman–Crippen MR) is 77.0 cm³/mol. The maximum absolute atomic E-state index is 11.9. The molecular formula is C13H17N3O7. The number of carbonyl (C=O) groups excluding carboxylic acids is 1. The fourth-order valence-corrected chi connectivity index (χ4v) is 2.14. The topological polar surface area (TPSA) is 157 Å². The highest BCUT2D eigenvalue weighted by Crippen LogP contribution is 2.28. The molecule has 5 N–H and O–H groups in total. The van der Waals surface area contributed by atoms with Crippen LogP contribution in [-0.2, 0) is 14.3 Å². The zero-order chi connectivity index (χ0) is 17.1. The van der Waals surface area contributed by atoms with Gasteiger partial charge >= 0.3 is 11.7 Å². The Bertz CT molecular complexity index is 672. The number of esters is 1. The lowest BCUT2D eigenvalue weighted by Crippen LogP contribution is -2.36. The van der Waals surface area contributed by atoms with Crippen molar-refractivity contribution in [2.45, 2.75) is 24.5 Å². The van der Waals surface area contributed by atoms with E-state index in [0.29, 0.717) is 0 Å². The number of hydrogen-bond donors (Lipinski definition) is 4. The van der Waals surface area contributed by atoms with Crippen LogP contribution in [0, 0.1) is 0 Å². The highest BCUT2D eigenvalue weighted by atomic mass is 16.6. The molecule has 1 aliphatic rings. The van der Waals surface area contributed by atoms with Crippen LogP contribution in [-0.4, -0.2) is 62.9 Å². The third-order valence-electron chi connectivity index (χ3n) is 3.40. The van der Waals surface area contributed by atoms with E-state index in [-0.39, 0.29) is 11.4 Å². The molecule has 0 aliphatic carbocycles. The number of nitrogens with zero attached hydrogens (tertiary/aromatic N) is 2. The van der Waals surface area contributed by atoms with Crippen LogP contribution in [0.4, 0.5) is 5.82 Å². The van der Waals surface area contributed by atoms with Gasteiger partial charge in [0, 0.05) is 17.8 Å². The van der Waals surface area contributed by atoms with E-state index in [0.717, 1.165) is 10.6 Å². The molecule has 0 saturated carbocycles. The van der Waals surface area contributed by atoms with Gasteiger partial charge in [-0.3, -0.25) is 4.57 Å². The van der Waals surface area contributed by atoms with Crippen molar-refractivity contribution < 1.29 is 29.6 Å². The molecule has 4 atom stereocenters. The largest absolute Gasteiger partial charge is 0.466 e. The second-order valence-electron chi connectivity index (χ2n) is 4.86. The van der Waals surface area contributed by atoms with Crippen molar-refractivity contribution in [3.8, 4) is 0 Å². The summed E-state index contributed by atoms with van der Waals surface area (Å²) >= 11 is 0. The van der Waals surface area contributed by atoms with Gasteiger partial charge in [-0.2, -0.15) is 4.98 Å². The van der Waals surface area contributed by atoms with Gasteiger partial charge in [0.2, 0.25) is 0 Å². The van der Waals surface area contributed by atoms with Gasteiger partial charge in [0.1, 0.15) is 24.1 Å². The minimum atomic E-state index is -1.44. The van der Waals surface area contributed by atoms with Crippen molar-refractivity contribution in [2.24, 2.45) is 0 Å². The number of nitrogens with two attached hydrogens (primary N) is 1. The van der Waals surface area contributed by atoms with Crippen molar-refractivity contribution in [1.29, 1.82) is 0 Å². The minimum Gasteiger partial charge on any atom is -0.466 e. The zero-order valence-electron chi connectivity index (χ0n) is 12.2. The maximum atomic E-state index is 11.9. The van der Waals surface area contributed by atoms with Crippen LogP contribution >= 0.6 is 0 Å². The minimum absolute atomic E-state index is 0.127. The molecule has 126 valence electrons. The quantitative estimate of drug-likeness (QED) is 0.350. The van der Waals surface area contributed by atoms with Gasteiger partial charge in [-0.1, -0.05) is 0 Å². The van der Waals surface area contributed by atoms with Crippen LogP contribution in [0.25, 0.3) is 6.08 Å². The number of aliphatic hydroxyl groups is 3. The van der Waals surface area contributed by atoms with Crippen molar-refractivity contribution in [3.05, 3.63) is 28.3 Å². The van der Waals surface area contributed by atoms with Crippen molar-refractivity contribution in [2.75, 3.05) is 19.5 Å². The molecule has 2 heterocycles. The summed E-state index contributed by atoms with van der Waals surface area (Å²) in [5.74, 6) is -0.756. The van der Waals surface area contributed by atoms with E-state index in [4.69, 9.17) is 15.6 Å². The Balaban J connectivity index is 2.38. The molecule has 1 aliphatic heterocycles. The van der Waals surface area contributed by atoms with Crippen LogP contribution < -0.4 is 11.4 Å². The van der Waals surface area contributed by atoms with Crippen LogP contribution in [0.15, 0.2) is 17.1 Å². The molecule has 0 amide bonds. The lowest BCUT2D eigenvalue weighted by atomic mass is 10.1. The van der Waals surface area contributed by atoms with E-state index in [2.05, 4.69) is 9.72 Å². The first-order valence-electron chi connectivity index (χ1n) is 6.66. The lowest BCUT2D eigenvalue weighted by Gasteiger charge is -2.18. The Kier molecular flexibility index (Phi) is 5.11. The Labute approximate surface area is 130 Å². The first-order chi connectivity index (χ1) is 10.9. The molecule has 0 aromatic carbocycles. The van der Waals surface area contributed by atoms with Crippen LogP contribution in [0.3, 0.4) is 0 Å². The smallest absolute Gasteiger partial charge is 0.351 e. The molecular weight excluding hydrogens is 310 g/mol. The first-order valence-corrected chi connectivity index (χ1v) is 6.66. The molecule has 2 rings (SSSR count). The van der Waals surface area contributed by atoms with Gasteiger partial charge in [-0.15, -0.1) is 0 Å². The molecule has 0 radical (unpaired) electrons. The first kappa shape index (κ1) is 17.1. The summed E-state index contributed by atoms with van der Waals surface area (Å²) in [6.07, 6.45) is -1.48. The number of nitrogen functional groups attached to an aromatic ring is 1. The second kappa shape index (κ2) is 6.87. The Morgan fingerprint density at radius 3 is 2.78 bits per heavy atom. The van der Waals surface area contributed by atoms with Crippen molar-refractivity contribution in [3.63, 3.8) is 0 Å². The molecule has 1 fully saturated rings. The zero-order valence-corrected chi connectivity index (χ0v) is 12.2.